The van der Waals surface area contributed by atoms with Crippen LogP contribution in [0.4, 0.5) is 9.28 Å². The highest BCUT2D eigenvalue weighted by atomic mass is 32.1. The van der Waals surface area contributed by atoms with E-state index in [9.17, 15) is 23.7 Å². The zero-order valence-corrected chi connectivity index (χ0v) is 39.7. The van der Waals surface area contributed by atoms with Crippen LogP contribution >= 0.6 is 11.3 Å². The molecule has 4 bridgehead atoms. The normalized spacial score (nSPS) is 21.2. The van der Waals surface area contributed by atoms with Crippen molar-refractivity contribution in [3.8, 4) is 22.5 Å². The fourth-order valence-electron chi connectivity index (χ4n) is 9.03. The first-order chi connectivity index (χ1) is 30.5. The molecule has 3 aromatic heterocycles. The summed E-state index contributed by atoms with van der Waals surface area (Å²) in [6.07, 6.45) is 2.71. The summed E-state index contributed by atoms with van der Waals surface area (Å²) >= 11 is 1.34. The molecule has 5 heterocycles. The first-order valence-corrected chi connectivity index (χ1v) is 23.2. The van der Waals surface area contributed by atoms with Crippen molar-refractivity contribution >= 4 is 46.1 Å². The van der Waals surface area contributed by atoms with Gasteiger partial charge in [-0.3, -0.25) is 19.4 Å². The molecule has 348 valence electrons. The quantitative estimate of drug-likeness (QED) is 0.129. The Morgan fingerprint density at radius 2 is 1.84 bits per heavy atom. The maximum absolute atomic E-state index is 14.5. The number of pyridine rings is 1. The number of benzene rings is 1. The maximum atomic E-state index is 14.5. The van der Waals surface area contributed by atoms with Crippen LogP contribution in [0.15, 0.2) is 41.9 Å². The van der Waals surface area contributed by atoms with Gasteiger partial charge in [-0.15, -0.1) is 15.8 Å². The number of halogens is 1. The number of thiazole rings is 1. The predicted molar refractivity (Wildman–Crippen MR) is 245 cm³/mol. The summed E-state index contributed by atoms with van der Waals surface area (Å²) in [5.74, 6) is -2.01. The number of nitrogens with zero attached hydrogens (tertiary/aromatic N) is 6. The Bertz CT molecular complexity index is 2290. The monoisotopic (exact) mass is 904 g/mol. The van der Waals surface area contributed by atoms with E-state index in [0.29, 0.717) is 43.3 Å². The van der Waals surface area contributed by atoms with E-state index in [1.54, 1.807) is 25.3 Å². The Morgan fingerprint density at radius 1 is 1.11 bits per heavy atom. The zero-order chi connectivity index (χ0) is 46.5. The van der Waals surface area contributed by atoms with Crippen LogP contribution in [0.3, 0.4) is 0 Å². The van der Waals surface area contributed by atoms with E-state index in [0.717, 1.165) is 44.0 Å². The highest BCUT2D eigenvalue weighted by Gasteiger charge is 2.39. The molecule has 2 aliphatic rings. The molecule has 1 aromatic carbocycles. The van der Waals surface area contributed by atoms with Crippen LogP contribution in [0.1, 0.15) is 97.0 Å². The lowest BCUT2D eigenvalue weighted by Gasteiger charge is -2.43. The number of ether oxygens (including phenoxy) is 3. The summed E-state index contributed by atoms with van der Waals surface area (Å²) in [5.41, 5.74) is 7.45. The summed E-state index contributed by atoms with van der Waals surface area (Å²) in [4.78, 5) is 68.6. The van der Waals surface area contributed by atoms with Crippen LogP contribution in [0.2, 0.25) is 0 Å². The number of aryl methyl sites for hydroxylation is 1. The van der Waals surface area contributed by atoms with Gasteiger partial charge in [-0.1, -0.05) is 39.4 Å². The molecule has 4 amide bonds. The van der Waals surface area contributed by atoms with E-state index in [2.05, 4.69) is 48.9 Å². The highest BCUT2D eigenvalue weighted by Crippen LogP contribution is 2.42. The summed E-state index contributed by atoms with van der Waals surface area (Å²) in [6, 6.07) is 7.31. The molecular weight excluding hydrogens is 840 g/mol. The number of carbonyl (C=O) groups excluding carboxylic acids is 4. The number of rotatable bonds is 9. The molecule has 2 aliphatic heterocycles. The number of cyclic esters (lactones) is 1. The molecule has 1 fully saturated rings. The average Bonchev–Trinajstić information content (AvgIpc) is 3.86. The maximum Gasteiger partial charge on any atom is 0.321 e. The van der Waals surface area contributed by atoms with Gasteiger partial charge in [0.2, 0.25) is 5.91 Å². The molecule has 15 nitrogen and oxygen atoms in total. The lowest BCUT2D eigenvalue weighted by molar-refractivity contribution is -0.147. The molecule has 4 aromatic rings. The van der Waals surface area contributed by atoms with Crippen molar-refractivity contribution in [3.63, 3.8) is 0 Å². The first kappa shape index (κ1) is 48.5. The minimum atomic E-state index is -1.25. The molecule has 2 N–H and O–H groups in total. The number of hydrazine groups is 1. The van der Waals surface area contributed by atoms with Gasteiger partial charge in [-0.25, -0.2) is 14.8 Å². The number of aromatic nitrogens is 3. The molecule has 1 saturated heterocycles. The minimum absolute atomic E-state index is 0.0424. The van der Waals surface area contributed by atoms with E-state index in [1.807, 2.05) is 52.1 Å². The molecule has 17 heteroatoms. The van der Waals surface area contributed by atoms with Gasteiger partial charge in [0.05, 0.1) is 60.1 Å². The Morgan fingerprint density at radius 3 is 2.52 bits per heavy atom. The number of hydrogen-bond donors (Lipinski definition) is 2. The smallest absolute Gasteiger partial charge is 0.321 e. The molecule has 0 spiro atoms. The van der Waals surface area contributed by atoms with Gasteiger partial charge < -0.3 is 33.9 Å². The second kappa shape index (κ2) is 20.9. The van der Waals surface area contributed by atoms with Crippen molar-refractivity contribution in [1.29, 1.82) is 0 Å². The summed E-state index contributed by atoms with van der Waals surface area (Å²) in [7, 11) is 3.26. The second-order valence-electron chi connectivity index (χ2n) is 18.3. The van der Waals surface area contributed by atoms with Crippen LogP contribution in [0.5, 0.6) is 0 Å². The largest absolute Gasteiger partial charge is 0.465 e. The van der Waals surface area contributed by atoms with Crippen LogP contribution in [-0.4, -0.2) is 118 Å². The first-order valence-electron chi connectivity index (χ1n) is 22.3. The van der Waals surface area contributed by atoms with Gasteiger partial charge >= 0.3 is 12.0 Å². The highest BCUT2D eigenvalue weighted by molar-refractivity contribution is 7.10. The Labute approximate surface area is 379 Å². The molecule has 0 saturated carbocycles. The van der Waals surface area contributed by atoms with Crippen molar-refractivity contribution in [3.05, 3.63) is 58.2 Å². The number of urea groups is 1. The fourth-order valence-corrected chi connectivity index (χ4v) is 9.88. The van der Waals surface area contributed by atoms with Crippen LogP contribution in [-0.2, 0) is 48.0 Å². The molecule has 0 aliphatic carbocycles. The van der Waals surface area contributed by atoms with Crippen LogP contribution in [0.25, 0.3) is 33.4 Å². The van der Waals surface area contributed by atoms with Crippen molar-refractivity contribution < 1.29 is 37.9 Å². The topological polar surface area (TPSA) is 160 Å². The van der Waals surface area contributed by atoms with E-state index >= 15 is 0 Å². The third-order valence-corrected chi connectivity index (χ3v) is 13.2. The molecule has 5 atom stereocenters. The third-order valence-electron chi connectivity index (χ3n) is 12.3. The van der Waals surface area contributed by atoms with Gasteiger partial charge in [0, 0.05) is 79.1 Å². The molecule has 1 unspecified atom stereocenters. The van der Waals surface area contributed by atoms with Crippen LogP contribution in [0, 0.1) is 11.3 Å². The number of esters is 1. The summed E-state index contributed by atoms with van der Waals surface area (Å²) in [5, 5.41) is 7.19. The SMILES string of the molecule is CCn1c(-c2cccnc2[C@H](C)OC)c2c3cc(ccc31)-c1csc(n1)C[C@H](NC(=O)C(C(C)C)N(C)C(=O)N1[C@@H](C)COC[C@@H]1C)C(=O)N(NF)CCCCC(=O)OCC(C)(C)C2. The van der Waals surface area contributed by atoms with E-state index in [4.69, 9.17) is 24.2 Å². The number of fused-ring (bicyclic) bond motifs is 4. The lowest BCUT2D eigenvalue weighted by atomic mass is 9.84. The average molecular weight is 905 g/mol. The number of carbonyl (C=O) groups is 4. The van der Waals surface area contributed by atoms with E-state index in [-0.39, 0.29) is 62.6 Å². The Balaban J connectivity index is 1.41. The van der Waals surface area contributed by atoms with Crippen LogP contribution < -0.4 is 11.0 Å². The Kier molecular flexibility index (Phi) is 15.8. The molecule has 6 rings (SSSR count). The number of likely N-dealkylation sites (N-methyl/N-ethyl adjacent to an activating group) is 1. The van der Waals surface area contributed by atoms with Crippen molar-refractivity contribution in [1.82, 2.24) is 40.3 Å². The number of morpholine rings is 1. The molecular formula is C47H65FN8O7S. The van der Waals surface area contributed by atoms with Crippen molar-refractivity contribution in [2.45, 2.75) is 124 Å². The van der Waals surface area contributed by atoms with Gasteiger partial charge in [0.15, 0.2) is 0 Å². The van der Waals surface area contributed by atoms with E-state index < -0.39 is 35.3 Å². The number of methoxy groups -OCH3 is 1. The zero-order valence-electron chi connectivity index (χ0n) is 38.9. The van der Waals surface area contributed by atoms with Crippen molar-refractivity contribution in [2.75, 3.05) is 40.5 Å². The van der Waals surface area contributed by atoms with Gasteiger partial charge in [-0.05, 0) is 82.7 Å². The molecule has 64 heavy (non-hydrogen) atoms. The summed E-state index contributed by atoms with van der Waals surface area (Å²) in [6.45, 7) is 17.2. The minimum Gasteiger partial charge on any atom is -0.465 e. The van der Waals surface area contributed by atoms with Gasteiger partial charge in [0.25, 0.3) is 5.91 Å². The molecule has 0 radical (unpaired) electrons. The van der Waals surface area contributed by atoms with Crippen molar-refractivity contribution in [2.24, 2.45) is 11.3 Å². The van der Waals surface area contributed by atoms with Gasteiger partial charge in [-0.2, -0.15) is 0 Å². The standard InChI is InChI=1S/C47H65FN8O7S/c1-11-54-38-18-17-32-21-34(38)35(43(54)33-15-14-19-49-41(33)31(6)61-10)23-47(7,8)27-63-40(57)16-12-13-20-55(52-48)45(59)36(22-39-50-37(32)26-64-39)51-44(58)42(28(2)3)53(9)46(60)56-29(4)24-62-25-30(56)5/h14-15,17-19,21,26,28-31,36,42,52H,11-13,16,20,22-25,27H2,1-10H3,(H,51,58)/t29-,30-,31-,36-,42?/m0/s1. The summed E-state index contributed by atoms with van der Waals surface area (Å²) < 4.78 is 34.1. The number of amides is 4. The third kappa shape index (κ3) is 10.6. The number of nitrogens with one attached hydrogen (secondary N) is 2. The lowest BCUT2D eigenvalue weighted by Crippen LogP contribution is -2.62. The van der Waals surface area contributed by atoms with E-state index in [1.165, 1.54) is 21.9 Å². The van der Waals surface area contributed by atoms with Gasteiger partial charge in [0.1, 0.15) is 12.1 Å². The fraction of sp³-hybridized carbons (Fsp3) is 0.574. The predicted octanol–water partition coefficient (Wildman–Crippen LogP) is 7.28. The number of hydrogen-bond acceptors (Lipinski definition) is 11. The second-order valence-corrected chi connectivity index (χ2v) is 19.2. The Hall–Kier alpha value is -4.97.